The van der Waals surface area contributed by atoms with Crippen LogP contribution in [0.4, 0.5) is 4.79 Å². The van der Waals surface area contributed by atoms with Crippen molar-refractivity contribution < 1.29 is 24.2 Å². The van der Waals surface area contributed by atoms with Crippen molar-refractivity contribution in [1.82, 2.24) is 4.90 Å². The van der Waals surface area contributed by atoms with Gasteiger partial charge in [0, 0.05) is 12.0 Å². The average Bonchev–Trinajstić information content (AvgIpc) is 2.42. The number of fused-ring (bicyclic) bond motifs is 1. The molecule has 0 aromatic heterocycles. The van der Waals surface area contributed by atoms with E-state index in [2.05, 4.69) is 0 Å². The van der Waals surface area contributed by atoms with E-state index in [4.69, 9.17) is 9.47 Å². The number of aliphatic hydroxyl groups is 1. The molecular weight excluding hydrogens is 250 g/mol. The maximum absolute atomic E-state index is 12.2. The minimum atomic E-state index is -0.947. The second-order valence-corrected chi connectivity index (χ2v) is 6.15. The topological polar surface area (TPSA) is 76.1 Å². The number of rotatable bonds is 1. The summed E-state index contributed by atoms with van der Waals surface area (Å²) in [5.41, 5.74) is -0.634. The van der Waals surface area contributed by atoms with Crippen LogP contribution in [0.25, 0.3) is 0 Å². The number of ether oxygens (including phenoxy) is 2. The predicted molar refractivity (Wildman–Crippen MR) is 66.4 cm³/mol. The molecule has 1 amide bonds. The molecule has 0 spiro atoms. The second-order valence-electron chi connectivity index (χ2n) is 6.15. The van der Waals surface area contributed by atoms with Gasteiger partial charge in [-0.1, -0.05) is 0 Å². The molecule has 1 heterocycles. The van der Waals surface area contributed by atoms with E-state index in [1.54, 1.807) is 20.8 Å². The first kappa shape index (κ1) is 14.1. The Hall–Kier alpha value is -1.30. The molecule has 1 saturated heterocycles. The van der Waals surface area contributed by atoms with Crippen molar-refractivity contribution in [3.63, 3.8) is 0 Å². The summed E-state index contributed by atoms with van der Waals surface area (Å²) in [7, 11) is 1.25. The van der Waals surface area contributed by atoms with Crippen molar-refractivity contribution in [2.24, 2.45) is 5.92 Å². The molecule has 0 aromatic carbocycles. The summed E-state index contributed by atoms with van der Waals surface area (Å²) < 4.78 is 10.0. The predicted octanol–water partition coefficient (Wildman–Crippen LogP) is 0.918. The average molecular weight is 271 g/mol. The van der Waals surface area contributed by atoms with Crippen LogP contribution in [0.5, 0.6) is 0 Å². The van der Waals surface area contributed by atoms with Gasteiger partial charge in [-0.05, 0) is 33.6 Å². The Balaban J connectivity index is 2.20. The summed E-state index contributed by atoms with van der Waals surface area (Å²) in [6.07, 6.45) is 0.181. The zero-order chi connectivity index (χ0) is 14.4. The van der Waals surface area contributed by atoms with Gasteiger partial charge in [-0.25, -0.2) is 9.59 Å². The van der Waals surface area contributed by atoms with Crippen LogP contribution in [-0.2, 0) is 14.3 Å². The molecule has 108 valence electrons. The lowest BCUT2D eigenvalue weighted by Crippen LogP contribution is -2.50. The fourth-order valence-corrected chi connectivity index (χ4v) is 2.79. The standard InChI is InChI=1S/C13H21NO5/c1-13(2,3)19-12(17)14-8-6-5-7(8)10(15)9(14)11(16)18-4/h7-10,15H,5-6H2,1-4H3/t7-,8+,9-,10+/m0/s1. The van der Waals surface area contributed by atoms with Gasteiger partial charge in [0.2, 0.25) is 0 Å². The number of hydrogen-bond donors (Lipinski definition) is 1. The summed E-state index contributed by atoms with van der Waals surface area (Å²) >= 11 is 0. The molecule has 2 rings (SSSR count). The van der Waals surface area contributed by atoms with E-state index in [-0.39, 0.29) is 12.0 Å². The first-order valence-electron chi connectivity index (χ1n) is 6.53. The van der Waals surface area contributed by atoms with E-state index in [0.717, 1.165) is 12.8 Å². The quantitative estimate of drug-likeness (QED) is 0.718. The number of esters is 1. The van der Waals surface area contributed by atoms with E-state index >= 15 is 0 Å². The second kappa shape index (κ2) is 4.67. The van der Waals surface area contributed by atoms with E-state index in [9.17, 15) is 14.7 Å². The van der Waals surface area contributed by atoms with Crippen LogP contribution >= 0.6 is 0 Å². The van der Waals surface area contributed by atoms with Crippen LogP contribution in [0.15, 0.2) is 0 Å². The molecule has 0 aromatic rings. The number of carbonyl (C=O) groups excluding carboxylic acids is 2. The van der Waals surface area contributed by atoms with Crippen molar-refractivity contribution in [2.45, 2.75) is 57.4 Å². The Morgan fingerprint density at radius 2 is 1.89 bits per heavy atom. The highest BCUT2D eigenvalue weighted by Gasteiger charge is 2.58. The molecule has 1 saturated carbocycles. The minimum Gasteiger partial charge on any atom is -0.467 e. The monoisotopic (exact) mass is 271 g/mol. The van der Waals surface area contributed by atoms with E-state index in [1.807, 2.05) is 0 Å². The molecule has 6 nitrogen and oxygen atoms in total. The highest BCUT2D eigenvalue weighted by Crippen LogP contribution is 2.44. The molecule has 2 fully saturated rings. The van der Waals surface area contributed by atoms with Gasteiger partial charge >= 0.3 is 12.1 Å². The molecule has 4 atom stereocenters. The Labute approximate surface area is 112 Å². The smallest absolute Gasteiger partial charge is 0.411 e. The van der Waals surface area contributed by atoms with Gasteiger partial charge < -0.3 is 14.6 Å². The number of hydrogen-bond acceptors (Lipinski definition) is 5. The normalized spacial score (nSPS) is 33.4. The molecule has 0 bridgehead atoms. The third kappa shape index (κ3) is 2.41. The summed E-state index contributed by atoms with van der Waals surface area (Å²) in [6.45, 7) is 5.30. The summed E-state index contributed by atoms with van der Waals surface area (Å²) in [5, 5.41) is 10.1. The largest absolute Gasteiger partial charge is 0.467 e. The molecule has 1 aliphatic carbocycles. The fourth-order valence-electron chi connectivity index (χ4n) is 2.79. The van der Waals surface area contributed by atoms with Gasteiger partial charge in [0.05, 0.1) is 13.2 Å². The fraction of sp³-hybridized carbons (Fsp3) is 0.846. The van der Waals surface area contributed by atoms with Crippen molar-refractivity contribution >= 4 is 12.1 Å². The molecule has 6 heteroatoms. The zero-order valence-corrected chi connectivity index (χ0v) is 11.8. The number of methoxy groups -OCH3 is 1. The third-order valence-corrected chi connectivity index (χ3v) is 3.76. The van der Waals surface area contributed by atoms with Gasteiger partial charge in [-0.15, -0.1) is 0 Å². The zero-order valence-electron chi connectivity index (χ0n) is 11.8. The van der Waals surface area contributed by atoms with Crippen LogP contribution in [0.3, 0.4) is 0 Å². The Bertz CT molecular complexity index is 389. The van der Waals surface area contributed by atoms with Gasteiger partial charge in [0.15, 0.2) is 6.04 Å². The highest BCUT2D eigenvalue weighted by molar-refractivity contribution is 5.83. The lowest BCUT2D eigenvalue weighted by Gasteiger charge is -2.37. The van der Waals surface area contributed by atoms with Gasteiger partial charge in [0.1, 0.15) is 5.60 Å². The third-order valence-electron chi connectivity index (χ3n) is 3.76. The van der Waals surface area contributed by atoms with E-state index < -0.39 is 29.8 Å². The molecule has 0 unspecified atom stereocenters. The van der Waals surface area contributed by atoms with Crippen molar-refractivity contribution in [3.05, 3.63) is 0 Å². The number of aliphatic hydroxyl groups excluding tert-OH is 1. The van der Waals surface area contributed by atoms with Crippen LogP contribution in [-0.4, -0.2) is 53.0 Å². The first-order chi connectivity index (χ1) is 8.76. The lowest BCUT2D eigenvalue weighted by atomic mass is 9.78. The Morgan fingerprint density at radius 3 is 2.32 bits per heavy atom. The van der Waals surface area contributed by atoms with Crippen molar-refractivity contribution in [1.29, 1.82) is 0 Å². The number of amides is 1. The van der Waals surface area contributed by atoms with Crippen LogP contribution in [0.2, 0.25) is 0 Å². The molecule has 1 aliphatic heterocycles. The van der Waals surface area contributed by atoms with E-state index in [0.29, 0.717) is 0 Å². The Kier molecular flexibility index (Phi) is 3.47. The molecule has 0 radical (unpaired) electrons. The molecule has 1 N–H and O–H groups in total. The van der Waals surface area contributed by atoms with Gasteiger partial charge in [-0.2, -0.15) is 0 Å². The SMILES string of the molecule is COC(=O)[C@@H]1[C@H](O)[C@H]2CC[C@H]2N1C(=O)OC(C)(C)C. The maximum Gasteiger partial charge on any atom is 0.411 e. The Morgan fingerprint density at radius 1 is 1.26 bits per heavy atom. The highest BCUT2D eigenvalue weighted by atomic mass is 16.6. The maximum atomic E-state index is 12.2. The van der Waals surface area contributed by atoms with Gasteiger partial charge in [-0.3, -0.25) is 4.90 Å². The summed E-state index contributed by atoms with van der Waals surface area (Å²) in [4.78, 5) is 25.4. The molecule has 19 heavy (non-hydrogen) atoms. The summed E-state index contributed by atoms with van der Waals surface area (Å²) in [6, 6.07) is -1.06. The van der Waals surface area contributed by atoms with Crippen LogP contribution in [0.1, 0.15) is 33.6 Å². The number of nitrogens with zero attached hydrogens (tertiary/aromatic N) is 1. The van der Waals surface area contributed by atoms with Crippen LogP contribution < -0.4 is 0 Å². The number of carbonyl (C=O) groups is 2. The summed E-state index contributed by atoms with van der Waals surface area (Å²) in [5.74, 6) is -0.635. The first-order valence-corrected chi connectivity index (χ1v) is 6.53. The minimum absolute atomic E-state index is 0.0448. The van der Waals surface area contributed by atoms with E-state index in [1.165, 1.54) is 12.0 Å². The molecule has 2 aliphatic rings. The van der Waals surface area contributed by atoms with Gasteiger partial charge in [0.25, 0.3) is 0 Å². The van der Waals surface area contributed by atoms with Crippen molar-refractivity contribution in [2.75, 3.05) is 7.11 Å². The number of likely N-dealkylation sites (tertiary alicyclic amines) is 1. The van der Waals surface area contributed by atoms with Crippen LogP contribution in [0, 0.1) is 5.92 Å². The van der Waals surface area contributed by atoms with Crippen molar-refractivity contribution in [3.8, 4) is 0 Å². The lowest BCUT2D eigenvalue weighted by molar-refractivity contribution is -0.148. The molecular formula is C13H21NO5.